The number of esters is 1. The van der Waals surface area contributed by atoms with E-state index in [1.54, 1.807) is 7.11 Å². The Labute approximate surface area is 104 Å². The number of hydrogen-bond acceptors (Lipinski definition) is 4. The van der Waals surface area contributed by atoms with Gasteiger partial charge in [-0.05, 0) is 33.2 Å². The lowest BCUT2D eigenvalue weighted by molar-refractivity contribution is -0.147. The van der Waals surface area contributed by atoms with Crippen LogP contribution in [0.25, 0.3) is 0 Å². The van der Waals surface area contributed by atoms with Gasteiger partial charge in [0.15, 0.2) is 0 Å². The lowest BCUT2D eigenvalue weighted by Gasteiger charge is -2.23. The molecule has 1 heterocycles. The smallest absolute Gasteiger partial charge is 0.323 e. The SMILES string of the molecule is COC(C)(C)CCOC(=O)C1CCCCCN1. The van der Waals surface area contributed by atoms with Crippen molar-refractivity contribution >= 4 is 5.97 Å². The van der Waals surface area contributed by atoms with E-state index in [1.807, 2.05) is 13.8 Å². The number of ether oxygens (including phenoxy) is 2. The van der Waals surface area contributed by atoms with Gasteiger partial charge < -0.3 is 14.8 Å². The number of carbonyl (C=O) groups excluding carboxylic acids is 1. The van der Waals surface area contributed by atoms with E-state index in [9.17, 15) is 4.79 Å². The molecule has 0 saturated carbocycles. The molecule has 1 fully saturated rings. The molecule has 100 valence electrons. The van der Waals surface area contributed by atoms with E-state index in [4.69, 9.17) is 9.47 Å². The molecule has 1 aliphatic heterocycles. The van der Waals surface area contributed by atoms with Gasteiger partial charge in [0.2, 0.25) is 0 Å². The molecule has 1 saturated heterocycles. The van der Waals surface area contributed by atoms with Crippen molar-refractivity contribution in [2.45, 2.75) is 57.6 Å². The molecule has 0 amide bonds. The minimum absolute atomic E-state index is 0.108. The highest BCUT2D eigenvalue weighted by atomic mass is 16.5. The van der Waals surface area contributed by atoms with Gasteiger partial charge in [0.05, 0.1) is 12.2 Å². The third-order valence-corrected chi connectivity index (χ3v) is 3.35. The molecule has 0 aromatic heterocycles. The van der Waals surface area contributed by atoms with Crippen LogP contribution in [-0.2, 0) is 14.3 Å². The molecule has 0 aromatic rings. The van der Waals surface area contributed by atoms with Crippen LogP contribution in [-0.4, -0.2) is 37.9 Å². The molecule has 17 heavy (non-hydrogen) atoms. The first-order valence-corrected chi connectivity index (χ1v) is 6.50. The number of rotatable bonds is 5. The summed E-state index contributed by atoms with van der Waals surface area (Å²) in [5.74, 6) is -0.112. The summed E-state index contributed by atoms with van der Waals surface area (Å²) in [7, 11) is 1.68. The van der Waals surface area contributed by atoms with Crippen molar-refractivity contribution in [2.75, 3.05) is 20.3 Å². The predicted octanol–water partition coefficient (Wildman–Crippen LogP) is 1.88. The van der Waals surface area contributed by atoms with Crippen molar-refractivity contribution in [3.8, 4) is 0 Å². The fraction of sp³-hybridized carbons (Fsp3) is 0.923. The summed E-state index contributed by atoms with van der Waals surface area (Å²) in [6.07, 6.45) is 5.08. The quantitative estimate of drug-likeness (QED) is 0.749. The van der Waals surface area contributed by atoms with Gasteiger partial charge in [0.1, 0.15) is 6.04 Å². The molecule has 1 atom stereocenters. The van der Waals surface area contributed by atoms with Crippen LogP contribution in [0.1, 0.15) is 46.0 Å². The van der Waals surface area contributed by atoms with E-state index in [0.29, 0.717) is 6.61 Å². The first-order chi connectivity index (χ1) is 8.05. The summed E-state index contributed by atoms with van der Waals surface area (Å²) < 4.78 is 10.6. The number of hydrogen-bond donors (Lipinski definition) is 1. The van der Waals surface area contributed by atoms with Crippen LogP contribution in [0.2, 0.25) is 0 Å². The monoisotopic (exact) mass is 243 g/mol. The van der Waals surface area contributed by atoms with Crippen molar-refractivity contribution < 1.29 is 14.3 Å². The number of methoxy groups -OCH3 is 1. The average molecular weight is 243 g/mol. The van der Waals surface area contributed by atoms with Crippen molar-refractivity contribution in [1.29, 1.82) is 0 Å². The van der Waals surface area contributed by atoms with Gasteiger partial charge >= 0.3 is 5.97 Å². The first-order valence-electron chi connectivity index (χ1n) is 6.50. The maximum atomic E-state index is 11.8. The van der Waals surface area contributed by atoms with Crippen LogP contribution in [0.3, 0.4) is 0 Å². The van der Waals surface area contributed by atoms with Crippen LogP contribution >= 0.6 is 0 Å². The largest absolute Gasteiger partial charge is 0.464 e. The Hall–Kier alpha value is -0.610. The zero-order chi connectivity index (χ0) is 12.7. The van der Waals surface area contributed by atoms with E-state index >= 15 is 0 Å². The van der Waals surface area contributed by atoms with Gasteiger partial charge in [-0.25, -0.2) is 0 Å². The molecule has 1 aliphatic rings. The Morgan fingerprint density at radius 3 is 2.82 bits per heavy atom. The minimum Gasteiger partial charge on any atom is -0.464 e. The van der Waals surface area contributed by atoms with Crippen molar-refractivity contribution in [2.24, 2.45) is 0 Å². The number of carbonyl (C=O) groups is 1. The Morgan fingerprint density at radius 1 is 1.35 bits per heavy atom. The third kappa shape index (κ3) is 5.50. The summed E-state index contributed by atoms with van der Waals surface area (Å²) in [6.45, 7) is 5.33. The molecule has 1 unspecified atom stereocenters. The van der Waals surface area contributed by atoms with E-state index in [1.165, 1.54) is 6.42 Å². The zero-order valence-corrected chi connectivity index (χ0v) is 11.3. The normalized spacial score (nSPS) is 21.9. The molecule has 0 bridgehead atoms. The maximum absolute atomic E-state index is 11.8. The molecule has 0 radical (unpaired) electrons. The van der Waals surface area contributed by atoms with Gasteiger partial charge in [0.25, 0.3) is 0 Å². The minimum atomic E-state index is -0.225. The van der Waals surface area contributed by atoms with Crippen LogP contribution in [0.15, 0.2) is 0 Å². The summed E-state index contributed by atoms with van der Waals surface area (Å²) in [4.78, 5) is 11.8. The lowest BCUT2D eigenvalue weighted by Crippen LogP contribution is -2.38. The fourth-order valence-corrected chi connectivity index (χ4v) is 1.83. The molecule has 1 N–H and O–H groups in total. The summed E-state index contributed by atoms with van der Waals surface area (Å²) in [5, 5.41) is 3.24. The molecule has 0 aromatic carbocycles. The first kappa shape index (κ1) is 14.5. The second-order valence-corrected chi connectivity index (χ2v) is 5.24. The van der Waals surface area contributed by atoms with Crippen LogP contribution in [0.5, 0.6) is 0 Å². The molecule has 1 rings (SSSR count). The molecular weight excluding hydrogens is 218 g/mol. The Kier molecular flexibility index (Phi) is 5.92. The van der Waals surface area contributed by atoms with E-state index in [-0.39, 0.29) is 17.6 Å². The lowest BCUT2D eigenvalue weighted by atomic mass is 10.1. The van der Waals surface area contributed by atoms with Gasteiger partial charge in [-0.15, -0.1) is 0 Å². The van der Waals surface area contributed by atoms with Crippen molar-refractivity contribution in [1.82, 2.24) is 5.32 Å². The summed E-state index contributed by atoms with van der Waals surface area (Å²) in [6, 6.07) is -0.108. The van der Waals surface area contributed by atoms with Crippen LogP contribution in [0, 0.1) is 0 Å². The standard InChI is InChI=1S/C13H25NO3/c1-13(2,16-3)8-10-17-12(15)11-7-5-4-6-9-14-11/h11,14H,4-10H2,1-3H3. The Balaban J connectivity index is 2.24. The average Bonchev–Trinajstić information content (AvgIpc) is 2.57. The van der Waals surface area contributed by atoms with Crippen molar-refractivity contribution in [3.05, 3.63) is 0 Å². The summed E-state index contributed by atoms with van der Waals surface area (Å²) in [5.41, 5.74) is -0.225. The highest BCUT2D eigenvalue weighted by Crippen LogP contribution is 2.14. The molecule has 4 nitrogen and oxygen atoms in total. The number of nitrogens with one attached hydrogen (secondary N) is 1. The predicted molar refractivity (Wildman–Crippen MR) is 66.9 cm³/mol. The highest BCUT2D eigenvalue weighted by molar-refractivity contribution is 5.75. The maximum Gasteiger partial charge on any atom is 0.323 e. The van der Waals surface area contributed by atoms with Crippen LogP contribution < -0.4 is 5.32 Å². The van der Waals surface area contributed by atoms with Gasteiger partial charge in [-0.3, -0.25) is 4.79 Å². The fourth-order valence-electron chi connectivity index (χ4n) is 1.83. The Bertz CT molecular complexity index is 233. The van der Waals surface area contributed by atoms with Crippen LogP contribution in [0.4, 0.5) is 0 Å². The summed E-state index contributed by atoms with van der Waals surface area (Å²) >= 11 is 0. The Morgan fingerprint density at radius 2 is 2.12 bits per heavy atom. The molecule has 0 aliphatic carbocycles. The highest BCUT2D eigenvalue weighted by Gasteiger charge is 2.22. The van der Waals surface area contributed by atoms with Gasteiger partial charge in [0, 0.05) is 13.5 Å². The second-order valence-electron chi connectivity index (χ2n) is 5.24. The molecule has 0 spiro atoms. The van der Waals surface area contributed by atoms with Crippen molar-refractivity contribution in [3.63, 3.8) is 0 Å². The zero-order valence-electron chi connectivity index (χ0n) is 11.3. The van der Waals surface area contributed by atoms with Gasteiger partial charge in [-0.2, -0.15) is 0 Å². The molecule has 4 heteroatoms. The van der Waals surface area contributed by atoms with E-state index in [0.717, 1.165) is 32.2 Å². The van der Waals surface area contributed by atoms with E-state index in [2.05, 4.69) is 5.32 Å². The second kappa shape index (κ2) is 6.97. The van der Waals surface area contributed by atoms with Gasteiger partial charge in [-0.1, -0.05) is 12.8 Å². The third-order valence-electron chi connectivity index (χ3n) is 3.35. The topological polar surface area (TPSA) is 47.6 Å². The van der Waals surface area contributed by atoms with E-state index < -0.39 is 0 Å². The molecular formula is C13H25NO3.